The first-order valence-corrected chi connectivity index (χ1v) is 6.34. The van der Waals surface area contributed by atoms with Crippen LogP contribution in [0.25, 0.3) is 0 Å². The smallest absolute Gasteiger partial charge is 0.308 e. The van der Waals surface area contributed by atoms with Crippen molar-refractivity contribution < 1.29 is 14.3 Å². The molecule has 0 N–H and O–H groups in total. The first-order chi connectivity index (χ1) is 9.08. The molecule has 104 valence electrons. The zero-order chi connectivity index (χ0) is 13.8. The van der Waals surface area contributed by atoms with Crippen LogP contribution in [0, 0.1) is 13.8 Å². The van der Waals surface area contributed by atoms with Gasteiger partial charge in [0.05, 0.1) is 26.2 Å². The normalized spacial score (nSPS) is 19.3. The van der Waals surface area contributed by atoms with Gasteiger partial charge in [0.15, 0.2) is 0 Å². The largest absolute Gasteiger partial charge is 0.469 e. The van der Waals surface area contributed by atoms with Crippen LogP contribution in [0.1, 0.15) is 17.8 Å². The van der Waals surface area contributed by atoms with E-state index in [-0.39, 0.29) is 18.5 Å². The standard InChI is InChI=1S/C13H19N3O3/c1-9-6-10(2)15-13(14-9)16-4-5-19-11(8-16)7-12(17)18-3/h6,11H,4-5,7-8H2,1-3H3. The molecule has 1 aromatic heterocycles. The van der Waals surface area contributed by atoms with Crippen LogP contribution >= 0.6 is 0 Å². The highest BCUT2D eigenvalue weighted by atomic mass is 16.5. The molecule has 1 atom stereocenters. The third-order valence-corrected chi connectivity index (χ3v) is 3.01. The lowest BCUT2D eigenvalue weighted by Gasteiger charge is -2.32. The van der Waals surface area contributed by atoms with Crippen molar-refractivity contribution in [3.63, 3.8) is 0 Å². The van der Waals surface area contributed by atoms with Crippen molar-refractivity contribution in [1.29, 1.82) is 0 Å². The molecule has 0 radical (unpaired) electrons. The fraction of sp³-hybridized carbons (Fsp3) is 0.615. The molecule has 2 rings (SSSR count). The minimum atomic E-state index is -0.256. The number of esters is 1. The number of carbonyl (C=O) groups excluding carboxylic acids is 1. The minimum absolute atomic E-state index is 0.161. The molecule has 19 heavy (non-hydrogen) atoms. The van der Waals surface area contributed by atoms with Crippen molar-refractivity contribution in [1.82, 2.24) is 9.97 Å². The zero-order valence-corrected chi connectivity index (χ0v) is 11.5. The SMILES string of the molecule is COC(=O)CC1CN(c2nc(C)cc(C)n2)CCO1. The summed E-state index contributed by atoms with van der Waals surface area (Å²) in [7, 11) is 1.38. The molecule has 0 aromatic carbocycles. The molecule has 0 spiro atoms. The summed E-state index contributed by atoms with van der Waals surface area (Å²) < 4.78 is 10.2. The van der Waals surface area contributed by atoms with Gasteiger partial charge in [0.25, 0.3) is 0 Å². The summed E-state index contributed by atoms with van der Waals surface area (Å²) in [5.74, 6) is 0.448. The third-order valence-electron chi connectivity index (χ3n) is 3.01. The number of ether oxygens (including phenoxy) is 2. The summed E-state index contributed by atoms with van der Waals surface area (Å²) in [5, 5.41) is 0. The number of rotatable bonds is 3. The molecule has 1 aromatic rings. The molecule has 0 aliphatic carbocycles. The van der Waals surface area contributed by atoms with Gasteiger partial charge in [-0.3, -0.25) is 4.79 Å². The maximum Gasteiger partial charge on any atom is 0.308 e. The second kappa shape index (κ2) is 5.97. The van der Waals surface area contributed by atoms with E-state index in [1.54, 1.807) is 0 Å². The van der Waals surface area contributed by atoms with Gasteiger partial charge in [-0.25, -0.2) is 9.97 Å². The molecule has 1 unspecified atom stereocenters. The van der Waals surface area contributed by atoms with Crippen molar-refractivity contribution in [3.05, 3.63) is 17.5 Å². The highest BCUT2D eigenvalue weighted by Crippen LogP contribution is 2.16. The Labute approximate surface area is 112 Å². The van der Waals surface area contributed by atoms with Crippen molar-refractivity contribution in [2.45, 2.75) is 26.4 Å². The lowest BCUT2D eigenvalue weighted by atomic mass is 10.2. The number of aromatic nitrogens is 2. The number of nitrogens with zero attached hydrogens (tertiary/aromatic N) is 3. The quantitative estimate of drug-likeness (QED) is 0.755. The van der Waals surface area contributed by atoms with Crippen LogP contribution < -0.4 is 4.90 Å². The Hall–Kier alpha value is -1.69. The molecule has 2 heterocycles. The molecule has 1 saturated heterocycles. The van der Waals surface area contributed by atoms with Gasteiger partial charge in [-0.1, -0.05) is 0 Å². The van der Waals surface area contributed by atoms with Gasteiger partial charge in [-0.05, 0) is 19.9 Å². The average Bonchev–Trinajstić information content (AvgIpc) is 2.38. The number of aryl methyl sites for hydroxylation is 2. The number of hydrogen-bond acceptors (Lipinski definition) is 6. The molecule has 0 saturated carbocycles. The summed E-state index contributed by atoms with van der Waals surface area (Å²) in [5.41, 5.74) is 1.89. The predicted octanol–water partition coefficient (Wildman–Crippen LogP) is 0.862. The number of morpholine rings is 1. The van der Waals surface area contributed by atoms with Crippen molar-refractivity contribution >= 4 is 11.9 Å². The summed E-state index contributed by atoms with van der Waals surface area (Å²) in [6, 6.07) is 1.94. The Morgan fingerprint density at radius 3 is 2.79 bits per heavy atom. The minimum Gasteiger partial charge on any atom is -0.469 e. The summed E-state index contributed by atoms with van der Waals surface area (Å²) in [6.07, 6.45) is 0.100. The van der Waals surface area contributed by atoms with Gasteiger partial charge < -0.3 is 14.4 Å². The summed E-state index contributed by atoms with van der Waals surface area (Å²) in [6.45, 7) is 5.81. The van der Waals surface area contributed by atoms with Gasteiger partial charge in [-0.15, -0.1) is 0 Å². The van der Waals surface area contributed by atoms with E-state index in [1.165, 1.54) is 7.11 Å². The van der Waals surface area contributed by atoms with E-state index in [4.69, 9.17) is 4.74 Å². The first-order valence-electron chi connectivity index (χ1n) is 6.34. The number of anilines is 1. The van der Waals surface area contributed by atoms with Crippen LogP contribution in [0.5, 0.6) is 0 Å². The molecule has 0 amide bonds. The second-order valence-corrected chi connectivity index (χ2v) is 4.67. The van der Waals surface area contributed by atoms with E-state index >= 15 is 0 Å². The molecular formula is C13H19N3O3. The maximum absolute atomic E-state index is 11.3. The van der Waals surface area contributed by atoms with E-state index in [1.807, 2.05) is 19.9 Å². The van der Waals surface area contributed by atoms with Gasteiger partial charge >= 0.3 is 5.97 Å². The number of carbonyl (C=O) groups is 1. The van der Waals surface area contributed by atoms with Crippen LogP contribution in [0.2, 0.25) is 0 Å². The van der Waals surface area contributed by atoms with E-state index in [0.29, 0.717) is 19.1 Å². The Balaban J connectivity index is 2.06. The maximum atomic E-state index is 11.3. The van der Waals surface area contributed by atoms with Gasteiger partial charge in [0.1, 0.15) is 0 Å². The van der Waals surface area contributed by atoms with E-state index in [9.17, 15) is 4.79 Å². The Kier molecular flexibility index (Phi) is 4.31. The van der Waals surface area contributed by atoms with Gasteiger partial charge in [-0.2, -0.15) is 0 Å². The second-order valence-electron chi connectivity index (χ2n) is 4.67. The van der Waals surface area contributed by atoms with E-state index < -0.39 is 0 Å². The Bertz CT molecular complexity index is 444. The van der Waals surface area contributed by atoms with Crippen LogP contribution in [0.4, 0.5) is 5.95 Å². The van der Waals surface area contributed by atoms with Crippen molar-refractivity contribution in [2.75, 3.05) is 31.7 Å². The molecule has 6 nitrogen and oxygen atoms in total. The highest BCUT2D eigenvalue weighted by molar-refractivity contribution is 5.69. The zero-order valence-electron chi connectivity index (χ0n) is 11.5. The Morgan fingerprint density at radius 2 is 2.16 bits per heavy atom. The third kappa shape index (κ3) is 3.64. The fourth-order valence-electron chi connectivity index (χ4n) is 2.14. The van der Waals surface area contributed by atoms with Crippen molar-refractivity contribution in [2.24, 2.45) is 0 Å². The van der Waals surface area contributed by atoms with Crippen molar-refractivity contribution in [3.8, 4) is 0 Å². The van der Waals surface area contributed by atoms with E-state index in [0.717, 1.165) is 17.9 Å². The van der Waals surface area contributed by atoms with Gasteiger partial charge in [0, 0.05) is 24.5 Å². The molecule has 1 aliphatic rings. The van der Waals surface area contributed by atoms with Crippen LogP contribution in [-0.2, 0) is 14.3 Å². The topological polar surface area (TPSA) is 64.5 Å². The molecule has 1 aliphatic heterocycles. The van der Waals surface area contributed by atoms with Crippen LogP contribution in [0.3, 0.4) is 0 Å². The molecule has 0 bridgehead atoms. The molecule has 6 heteroatoms. The molecular weight excluding hydrogens is 246 g/mol. The average molecular weight is 265 g/mol. The van der Waals surface area contributed by atoms with Gasteiger partial charge in [0.2, 0.25) is 5.95 Å². The van der Waals surface area contributed by atoms with E-state index in [2.05, 4.69) is 19.6 Å². The van der Waals surface area contributed by atoms with Crippen LogP contribution in [-0.4, -0.2) is 48.8 Å². The highest BCUT2D eigenvalue weighted by Gasteiger charge is 2.25. The lowest BCUT2D eigenvalue weighted by molar-refractivity contribution is -0.144. The first kappa shape index (κ1) is 13.7. The summed E-state index contributed by atoms with van der Waals surface area (Å²) >= 11 is 0. The number of methoxy groups -OCH3 is 1. The Morgan fingerprint density at radius 1 is 1.47 bits per heavy atom. The predicted molar refractivity (Wildman–Crippen MR) is 70.1 cm³/mol. The van der Waals surface area contributed by atoms with Crippen LogP contribution in [0.15, 0.2) is 6.07 Å². The summed E-state index contributed by atoms with van der Waals surface area (Å²) in [4.78, 5) is 22.2. The monoisotopic (exact) mass is 265 g/mol. The number of hydrogen-bond donors (Lipinski definition) is 0. The molecule has 1 fully saturated rings. The lowest BCUT2D eigenvalue weighted by Crippen LogP contribution is -2.44. The fourth-order valence-corrected chi connectivity index (χ4v) is 2.14.